The maximum Gasteiger partial charge on any atom is 0.425 e. The summed E-state index contributed by atoms with van der Waals surface area (Å²) in [5, 5.41) is 3.90. The summed E-state index contributed by atoms with van der Waals surface area (Å²) in [5.41, 5.74) is 4.06. The van der Waals surface area contributed by atoms with Gasteiger partial charge >= 0.3 is 18.4 Å². The molecule has 59 heavy (non-hydrogen) atoms. The number of alkyl halides is 3. The number of imidazole rings is 2. The Kier molecular flexibility index (Phi) is 13.0. The third kappa shape index (κ3) is 9.39. The molecule has 1 saturated heterocycles. The smallest absolute Gasteiger partial charge is 0.425 e. The number of alkyl carbamates (subject to hydrolysis) is 1. The first kappa shape index (κ1) is 42.7. The van der Waals surface area contributed by atoms with E-state index in [1.807, 2.05) is 13.8 Å². The summed E-state index contributed by atoms with van der Waals surface area (Å²) < 4.78 is 53.5. The van der Waals surface area contributed by atoms with E-state index in [1.54, 1.807) is 55.3 Å². The zero-order chi connectivity index (χ0) is 42.6. The van der Waals surface area contributed by atoms with Gasteiger partial charge in [0.2, 0.25) is 11.8 Å². The van der Waals surface area contributed by atoms with Crippen molar-refractivity contribution in [3.8, 4) is 33.6 Å². The van der Waals surface area contributed by atoms with Crippen LogP contribution in [0.3, 0.4) is 0 Å². The molecule has 0 radical (unpaired) electrons. The van der Waals surface area contributed by atoms with Gasteiger partial charge < -0.3 is 29.7 Å². The van der Waals surface area contributed by atoms with Crippen LogP contribution in [0.15, 0.2) is 54.9 Å². The summed E-state index contributed by atoms with van der Waals surface area (Å²) in [6.45, 7) is 7.73. The van der Waals surface area contributed by atoms with Gasteiger partial charge in [-0.3, -0.25) is 9.59 Å². The summed E-state index contributed by atoms with van der Waals surface area (Å²) >= 11 is 0. The van der Waals surface area contributed by atoms with Gasteiger partial charge in [0, 0.05) is 30.0 Å². The molecule has 4 aromatic rings. The zero-order valence-corrected chi connectivity index (χ0v) is 34.0. The quantitative estimate of drug-likeness (QED) is 0.117. The highest BCUT2D eigenvalue weighted by Gasteiger charge is 2.40. The fourth-order valence-electron chi connectivity index (χ4n) is 8.06. The molecule has 2 unspecified atom stereocenters. The van der Waals surface area contributed by atoms with Gasteiger partial charge in [-0.05, 0) is 68.2 Å². The van der Waals surface area contributed by atoms with Crippen LogP contribution in [0.4, 0.5) is 22.8 Å². The van der Waals surface area contributed by atoms with Crippen molar-refractivity contribution in [1.82, 2.24) is 40.6 Å². The van der Waals surface area contributed by atoms with Crippen molar-refractivity contribution in [3.63, 3.8) is 0 Å². The van der Waals surface area contributed by atoms with Crippen LogP contribution < -0.4 is 10.7 Å². The van der Waals surface area contributed by atoms with Crippen molar-refractivity contribution in [2.75, 3.05) is 20.8 Å². The summed E-state index contributed by atoms with van der Waals surface area (Å²) in [6, 6.07) is 9.39. The Bertz CT molecular complexity index is 2130. The first-order chi connectivity index (χ1) is 28.1. The van der Waals surface area contributed by atoms with E-state index in [0.29, 0.717) is 60.0 Å². The molecule has 17 heteroatoms. The van der Waals surface area contributed by atoms with E-state index in [4.69, 9.17) is 9.47 Å². The van der Waals surface area contributed by atoms with E-state index < -0.39 is 35.9 Å². The Morgan fingerprint density at radius 2 is 1.42 bits per heavy atom. The Hall–Kier alpha value is -5.87. The van der Waals surface area contributed by atoms with Crippen LogP contribution in [0, 0.1) is 11.8 Å². The number of methoxy groups -OCH3 is 2. The highest BCUT2D eigenvalue weighted by atomic mass is 19.4. The number of hydrogen-bond donors (Lipinski definition) is 4. The summed E-state index contributed by atoms with van der Waals surface area (Å²) in [5.74, 6) is -0.460. The molecule has 2 fully saturated rings. The van der Waals surface area contributed by atoms with Crippen molar-refractivity contribution in [1.29, 1.82) is 0 Å². The molecular weight excluding hydrogens is 770 g/mol. The molecule has 1 aliphatic carbocycles. The second-order valence-electron chi connectivity index (χ2n) is 15.6. The number of amides is 4. The van der Waals surface area contributed by atoms with Crippen molar-refractivity contribution in [2.45, 2.75) is 96.4 Å². The van der Waals surface area contributed by atoms with Gasteiger partial charge in [-0.15, -0.1) is 0 Å². The molecule has 4 amide bonds. The molecule has 1 saturated carbocycles. The van der Waals surface area contributed by atoms with Gasteiger partial charge in [-0.1, -0.05) is 63.1 Å². The van der Waals surface area contributed by atoms with Gasteiger partial charge in [-0.2, -0.15) is 13.2 Å². The van der Waals surface area contributed by atoms with Crippen LogP contribution in [0.1, 0.15) is 95.4 Å². The number of H-pyrrole nitrogens is 2. The summed E-state index contributed by atoms with van der Waals surface area (Å²) in [7, 11) is 2.46. The molecule has 14 nitrogen and oxygen atoms in total. The predicted molar refractivity (Wildman–Crippen MR) is 212 cm³/mol. The number of aromatic amines is 2. The highest BCUT2D eigenvalue weighted by molar-refractivity contribution is 5.86. The number of nitrogens with zero attached hydrogens (tertiary/aromatic N) is 4. The number of likely N-dealkylation sites (tertiary alicyclic amines) is 1. The number of nitrogens with one attached hydrogen (secondary N) is 4. The normalized spacial score (nSPS) is 18.8. The van der Waals surface area contributed by atoms with E-state index >= 15 is 0 Å². The molecule has 0 spiro atoms. The van der Waals surface area contributed by atoms with E-state index in [1.165, 1.54) is 31.5 Å². The number of benzene rings is 2. The molecule has 0 bridgehead atoms. The van der Waals surface area contributed by atoms with Gasteiger partial charge in [-0.25, -0.2) is 30.0 Å². The molecule has 4 N–H and O–H groups in total. The monoisotopic (exact) mass is 820 g/mol. The molecule has 2 aliphatic rings. The minimum Gasteiger partial charge on any atom is -0.453 e. The Labute approximate surface area is 340 Å². The maximum absolute atomic E-state index is 14.7. The third-order valence-electron chi connectivity index (χ3n) is 11.2. The summed E-state index contributed by atoms with van der Waals surface area (Å²) in [4.78, 5) is 68.5. The second-order valence-corrected chi connectivity index (χ2v) is 15.6. The number of carbonyl (C=O) groups is 4. The van der Waals surface area contributed by atoms with Crippen molar-refractivity contribution in [2.24, 2.45) is 11.8 Å². The van der Waals surface area contributed by atoms with Crippen LogP contribution in [0.2, 0.25) is 0 Å². The molecule has 2 aromatic heterocycles. The molecule has 1 aliphatic heterocycles. The lowest BCUT2D eigenvalue weighted by molar-refractivity contribution is -0.142. The van der Waals surface area contributed by atoms with Gasteiger partial charge in [0.15, 0.2) is 0 Å². The van der Waals surface area contributed by atoms with Gasteiger partial charge in [0.25, 0.3) is 0 Å². The second kappa shape index (κ2) is 18.0. The minimum atomic E-state index is -4.68. The van der Waals surface area contributed by atoms with E-state index in [2.05, 4.69) is 30.7 Å². The number of hydrazine groups is 1. The number of ether oxygens (including phenoxy) is 2. The zero-order valence-electron chi connectivity index (χ0n) is 34.0. The largest absolute Gasteiger partial charge is 0.453 e. The van der Waals surface area contributed by atoms with Crippen LogP contribution in [-0.4, -0.2) is 86.7 Å². The Morgan fingerprint density at radius 1 is 0.814 bits per heavy atom. The average Bonchev–Trinajstić information content (AvgIpc) is 4.03. The average molecular weight is 821 g/mol. The number of hydrogen-bond acceptors (Lipinski definition) is 8. The highest BCUT2D eigenvalue weighted by Crippen LogP contribution is 2.42. The standard InChI is InChI=1S/C42H51F3N8O6/c1-23(2)35(50-40(56)58-5)39(55)52-19-9-12-34(52)37-47-21-32(49-37)26-15-13-25(14-16-26)28-18-17-27(20-31(28)42(43,44)45)33-22-46-36(48-33)29-10-7-8-11-30(29)38(54)53(24(3)4)51-41(57)59-6/h13-18,20-24,29-30,34-35H,7-12,19H2,1-6H3,(H,46,48)(H,47,49)(H,50,56)(H,51,57)/t29?,30?,34-,35-/m0/s1. The van der Waals surface area contributed by atoms with E-state index in [-0.39, 0.29) is 46.9 Å². The van der Waals surface area contributed by atoms with Crippen molar-refractivity contribution >= 4 is 24.0 Å². The fourth-order valence-corrected chi connectivity index (χ4v) is 8.06. The third-order valence-corrected chi connectivity index (χ3v) is 11.2. The molecule has 4 atom stereocenters. The number of carbonyl (C=O) groups excluding carboxylic acids is 4. The van der Waals surface area contributed by atoms with E-state index in [0.717, 1.165) is 25.3 Å². The lowest BCUT2D eigenvalue weighted by Gasteiger charge is -2.35. The lowest BCUT2D eigenvalue weighted by atomic mass is 9.78. The fraction of sp³-hybridized carbons (Fsp3) is 0.476. The molecule has 316 valence electrons. The Balaban J connectivity index is 1.20. The van der Waals surface area contributed by atoms with Crippen LogP contribution in [0.25, 0.3) is 33.6 Å². The van der Waals surface area contributed by atoms with E-state index in [9.17, 15) is 32.3 Å². The topological polar surface area (TPSA) is 175 Å². The van der Waals surface area contributed by atoms with Gasteiger partial charge in [0.1, 0.15) is 17.7 Å². The first-order valence-corrected chi connectivity index (χ1v) is 19.9. The van der Waals surface area contributed by atoms with Gasteiger partial charge in [0.05, 0.1) is 49.6 Å². The van der Waals surface area contributed by atoms with Crippen molar-refractivity contribution < 1.29 is 41.8 Å². The molecular formula is C42H51F3N8O6. The maximum atomic E-state index is 14.7. The van der Waals surface area contributed by atoms with Crippen LogP contribution in [-0.2, 0) is 25.2 Å². The Morgan fingerprint density at radius 3 is 2.07 bits per heavy atom. The van der Waals surface area contributed by atoms with Crippen LogP contribution in [0.5, 0.6) is 0 Å². The number of aromatic nitrogens is 4. The van der Waals surface area contributed by atoms with Crippen molar-refractivity contribution in [3.05, 3.63) is 72.1 Å². The lowest BCUT2D eigenvalue weighted by Crippen LogP contribution is -2.53. The minimum absolute atomic E-state index is 0.00282. The number of halogens is 3. The predicted octanol–water partition coefficient (Wildman–Crippen LogP) is 7.98. The first-order valence-electron chi connectivity index (χ1n) is 19.9. The molecule has 2 aromatic carbocycles. The SMILES string of the molecule is COC(=O)N[C@H](C(=O)N1CCC[C@H]1c1ncc(-c2ccc(-c3ccc(-c4cnc(C5CCCCC5C(=O)N(NC(=O)OC)C(C)C)[nH]4)cc3C(F)(F)F)cc2)[nH]1)C(C)C. The molecule has 6 rings (SSSR count). The summed E-state index contributed by atoms with van der Waals surface area (Å²) in [6.07, 6.45) is 1.29. The van der Waals surface area contributed by atoms with Crippen LogP contribution >= 0.6 is 0 Å². The number of rotatable bonds is 10. The molecule has 3 heterocycles.